The third-order valence-corrected chi connectivity index (χ3v) is 1.06. The van der Waals surface area contributed by atoms with Crippen LogP contribution in [-0.2, 0) is 18.9 Å². The average molecular weight is 187 g/mol. The Kier molecular flexibility index (Phi) is 6.94. The SMILES string of the molecule is NCCC(=O)O[B]OC(=O)CCN. The van der Waals surface area contributed by atoms with Crippen molar-refractivity contribution in [3.05, 3.63) is 0 Å². The minimum Gasteiger partial charge on any atom is -0.500 e. The van der Waals surface area contributed by atoms with Crippen molar-refractivity contribution in [2.45, 2.75) is 12.8 Å². The number of hydrogen-bond acceptors (Lipinski definition) is 6. The van der Waals surface area contributed by atoms with Crippen LogP contribution in [0.5, 0.6) is 0 Å². The van der Waals surface area contributed by atoms with Gasteiger partial charge in [-0.25, -0.2) is 0 Å². The van der Waals surface area contributed by atoms with Crippen molar-refractivity contribution in [2.75, 3.05) is 13.1 Å². The molecule has 6 nitrogen and oxygen atoms in total. The van der Waals surface area contributed by atoms with Crippen molar-refractivity contribution in [3.8, 4) is 0 Å². The predicted octanol–water partition coefficient (Wildman–Crippen LogP) is -1.70. The molecular formula is C6H12BN2O4. The van der Waals surface area contributed by atoms with Crippen molar-refractivity contribution >= 4 is 19.6 Å². The average Bonchev–Trinajstić information content (AvgIpc) is 2.05. The summed E-state index contributed by atoms with van der Waals surface area (Å²) in [7, 11) is 0.690. The minimum atomic E-state index is -0.539. The van der Waals surface area contributed by atoms with E-state index in [0.717, 1.165) is 0 Å². The van der Waals surface area contributed by atoms with Gasteiger partial charge < -0.3 is 20.8 Å². The van der Waals surface area contributed by atoms with E-state index in [1.165, 1.54) is 0 Å². The molecule has 0 spiro atoms. The third kappa shape index (κ3) is 7.29. The van der Waals surface area contributed by atoms with Crippen molar-refractivity contribution in [1.82, 2.24) is 0 Å². The van der Waals surface area contributed by atoms with Crippen molar-refractivity contribution in [2.24, 2.45) is 11.5 Å². The zero-order chi connectivity index (χ0) is 10.1. The monoisotopic (exact) mass is 187 g/mol. The highest BCUT2D eigenvalue weighted by Gasteiger charge is 2.08. The molecule has 0 bridgehead atoms. The number of rotatable bonds is 6. The normalized spacial score (nSPS) is 9.08. The van der Waals surface area contributed by atoms with E-state index < -0.39 is 11.9 Å². The Morgan fingerprint density at radius 1 is 1.00 bits per heavy atom. The van der Waals surface area contributed by atoms with E-state index in [1.54, 1.807) is 0 Å². The standard InChI is InChI=1S/C6H12BN2O4/c8-3-1-5(10)12-7-13-6(11)2-4-9/h1-4,8-9H2. The maximum atomic E-state index is 10.6. The van der Waals surface area contributed by atoms with Crippen molar-refractivity contribution < 1.29 is 18.9 Å². The Balaban J connectivity index is 3.33. The molecule has 0 unspecified atom stereocenters. The molecule has 7 heteroatoms. The van der Waals surface area contributed by atoms with Crippen LogP contribution in [0.4, 0.5) is 0 Å². The van der Waals surface area contributed by atoms with E-state index >= 15 is 0 Å². The van der Waals surface area contributed by atoms with E-state index in [-0.39, 0.29) is 25.9 Å². The van der Waals surface area contributed by atoms with Gasteiger partial charge in [0.25, 0.3) is 11.9 Å². The van der Waals surface area contributed by atoms with Gasteiger partial charge in [0.2, 0.25) is 0 Å². The number of carbonyl (C=O) groups excluding carboxylic acids is 2. The number of nitrogens with two attached hydrogens (primary N) is 2. The first kappa shape index (κ1) is 11.9. The Hall–Kier alpha value is -1.08. The first-order valence-electron chi connectivity index (χ1n) is 3.81. The highest BCUT2D eigenvalue weighted by atomic mass is 16.6. The molecule has 0 saturated carbocycles. The van der Waals surface area contributed by atoms with E-state index in [0.29, 0.717) is 7.69 Å². The smallest absolute Gasteiger partial charge is 0.500 e. The lowest BCUT2D eigenvalue weighted by Crippen LogP contribution is -2.19. The molecule has 0 aromatic heterocycles. The van der Waals surface area contributed by atoms with Crippen LogP contribution in [0.3, 0.4) is 0 Å². The van der Waals surface area contributed by atoms with Crippen LogP contribution in [0.1, 0.15) is 12.8 Å². The van der Waals surface area contributed by atoms with Crippen LogP contribution in [-0.4, -0.2) is 32.7 Å². The fraction of sp³-hybridized carbons (Fsp3) is 0.667. The molecule has 0 aliphatic heterocycles. The largest absolute Gasteiger partial charge is 0.662 e. The maximum absolute atomic E-state index is 10.6. The van der Waals surface area contributed by atoms with E-state index in [4.69, 9.17) is 11.5 Å². The Labute approximate surface area is 76.9 Å². The molecule has 13 heavy (non-hydrogen) atoms. The van der Waals surface area contributed by atoms with E-state index in [9.17, 15) is 9.59 Å². The molecule has 0 rings (SSSR count). The molecular weight excluding hydrogens is 175 g/mol. The van der Waals surface area contributed by atoms with Crippen LogP contribution < -0.4 is 11.5 Å². The second-order valence-corrected chi connectivity index (χ2v) is 2.15. The summed E-state index contributed by atoms with van der Waals surface area (Å²) in [5, 5.41) is 0. The molecule has 0 aliphatic rings. The molecule has 73 valence electrons. The highest BCUT2D eigenvalue weighted by molar-refractivity contribution is 6.25. The van der Waals surface area contributed by atoms with Crippen LogP contribution in [0, 0.1) is 0 Å². The zero-order valence-corrected chi connectivity index (χ0v) is 7.19. The van der Waals surface area contributed by atoms with Crippen molar-refractivity contribution in [3.63, 3.8) is 0 Å². The molecule has 0 aliphatic carbocycles. The first-order chi connectivity index (χ1) is 6.20. The van der Waals surface area contributed by atoms with Gasteiger partial charge in [0.15, 0.2) is 0 Å². The third-order valence-electron chi connectivity index (χ3n) is 1.06. The van der Waals surface area contributed by atoms with Gasteiger partial charge in [-0.3, -0.25) is 9.59 Å². The van der Waals surface area contributed by atoms with Gasteiger partial charge in [0.05, 0.1) is 12.8 Å². The van der Waals surface area contributed by atoms with Crippen molar-refractivity contribution in [1.29, 1.82) is 0 Å². The minimum absolute atomic E-state index is 0.0882. The van der Waals surface area contributed by atoms with Crippen LogP contribution in [0.15, 0.2) is 0 Å². The van der Waals surface area contributed by atoms with Gasteiger partial charge in [-0.2, -0.15) is 0 Å². The molecule has 1 radical (unpaired) electrons. The highest BCUT2D eigenvalue weighted by Crippen LogP contribution is 1.86. The van der Waals surface area contributed by atoms with Gasteiger partial charge in [0.1, 0.15) is 0 Å². The summed E-state index contributed by atoms with van der Waals surface area (Å²) in [5.41, 5.74) is 10.1. The summed E-state index contributed by atoms with van der Waals surface area (Å²) in [6, 6.07) is 0. The summed E-state index contributed by atoms with van der Waals surface area (Å²) >= 11 is 0. The van der Waals surface area contributed by atoms with Crippen LogP contribution >= 0.6 is 0 Å². The second kappa shape index (κ2) is 7.57. The summed E-state index contributed by atoms with van der Waals surface area (Å²) < 4.78 is 8.74. The molecule has 0 aromatic rings. The number of carbonyl (C=O) groups is 2. The van der Waals surface area contributed by atoms with Gasteiger partial charge in [-0.1, -0.05) is 0 Å². The Bertz CT molecular complexity index is 158. The molecule has 0 saturated heterocycles. The van der Waals surface area contributed by atoms with Crippen LogP contribution in [0.2, 0.25) is 0 Å². The molecule has 0 heterocycles. The lowest BCUT2D eigenvalue weighted by Gasteiger charge is -2.02. The second-order valence-electron chi connectivity index (χ2n) is 2.15. The van der Waals surface area contributed by atoms with E-state index in [2.05, 4.69) is 9.31 Å². The Morgan fingerprint density at radius 3 is 1.69 bits per heavy atom. The van der Waals surface area contributed by atoms with Crippen LogP contribution in [0.25, 0.3) is 0 Å². The maximum Gasteiger partial charge on any atom is 0.662 e. The zero-order valence-electron chi connectivity index (χ0n) is 7.19. The molecule has 0 fully saturated rings. The molecule has 0 atom stereocenters. The molecule has 0 amide bonds. The Morgan fingerprint density at radius 2 is 1.38 bits per heavy atom. The van der Waals surface area contributed by atoms with Gasteiger partial charge in [0, 0.05) is 13.1 Å². The fourth-order valence-corrected chi connectivity index (χ4v) is 0.485. The quantitative estimate of drug-likeness (QED) is 0.480. The molecule has 0 aromatic carbocycles. The summed E-state index contributed by atoms with van der Waals surface area (Å²) in [6.07, 6.45) is 0.176. The lowest BCUT2D eigenvalue weighted by molar-refractivity contribution is -0.138. The topological polar surface area (TPSA) is 105 Å². The molecule has 4 N–H and O–H groups in total. The fourth-order valence-electron chi connectivity index (χ4n) is 0.485. The first-order valence-corrected chi connectivity index (χ1v) is 3.81. The van der Waals surface area contributed by atoms with Gasteiger partial charge in [-0.15, -0.1) is 0 Å². The van der Waals surface area contributed by atoms with E-state index in [1.807, 2.05) is 0 Å². The summed E-state index contributed by atoms with van der Waals surface area (Å²) in [4.78, 5) is 21.3. The summed E-state index contributed by atoms with van der Waals surface area (Å²) in [6.45, 7) is 0.396. The number of hydrogen-bond donors (Lipinski definition) is 2. The predicted molar refractivity (Wildman–Crippen MR) is 45.3 cm³/mol. The summed E-state index contributed by atoms with van der Waals surface area (Å²) in [5.74, 6) is -1.08. The van der Waals surface area contributed by atoms with Gasteiger partial charge >= 0.3 is 7.69 Å². The lowest BCUT2D eigenvalue weighted by atomic mass is 10.3. The van der Waals surface area contributed by atoms with Gasteiger partial charge in [-0.05, 0) is 0 Å².